The van der Waals surface area contributed by atoms with E-state index in [1.807, 2.05) is 42.3 Å². The molecule has 0 aliphatic carbocycles. The first-order valence-corrected chi connectivity index (χ1v) is 12.4. The van der Waals surface area contributed by atoms with Crippen LogP contribution in [0.4, 0.5) is 5.82 Å². The lowest BCUT2D eigenvalue weighted by Gasteiger charge is -2.33. The number of benzene rings is 1. The van der Waals surface area contributed by atoms with Gasteiger partial charge in [-0.3, -0.25) is 9.89 Å². The van der Waals surface area contributed by atoms with Crippen LogP contribution in [0.3, 0.4) is 0 Å². The van der Waals surface area contributed by atoms with Crippen LogP contribution in [0.1, 0.15) is 37.8 Å². The van der Waals surface area contributed by atoms with Crippen LogP contribution in [0.2, 0.25) is 0 Å². The Morgan fingerprint density at radius 2 is 1.91 bits per heavy atom. The molecule has 5 rings (SSSR count). The quantitative estimate of drug-likeness (QED) is 0.374. The van der Waals surface area contributed by atoms with Crippen molar-refractivity contribution in [3.8, 4) is 11.3 Å². The van der Waals surface area contributed by atoms with E-state index in [0.717, 1.165) is 86.6 Å². The number of hydrogen-bond acceptors (Lipinski definition) is 6. The van der Waals surface area contributed by atoms with Gasteiger partial charge in [-0.05, 0) is 50.3 Å². The van der Waals surface area contributed by atoms with Crippen molar-refractivity contribution < 1.29 is 4.79 Å². The molecule has 35 heavy (non-hydrogen) atoms. The molecule has 0 atom stereocenters. The second kappa shape index (κ2) is 10.7. The highest BCUT2D eigenvalue weighted by atomic mass is 16.2. The zero-order chi connectivity index (χ0) is 24.0. The fourth-order valence-corrected chi connectivity index (χ4v) is 4.75. The van der Waals surface area contributed by atoms with Crippen LogP contribution in [0.15, 0.2) is 54.9 Å². The van der Waals surface area contributed by atoms with Crippen LogP contribution >= 0.6 is 0 Å². The summed E-state index contributed by atoms with van der Waals surface area (Å²) in [7, 11) is 1.94. The molecule has 1 aliphatic heterocycles. The molecule has 0 saturated carbocycles. The zero-order valence-electron chi connectivity index (χ0n) is 20.2. The van der Waals surface area contributed by atoms with Gasteiger partial charge in [-0.1, -0.05) is 36.8 Å². The number of aromatic amines is 1. The molecular weight excluding hydrogens is 440 g/mol. The SMILES string of the molecule is CN(CCCCCc1cc(-c2ccccc2)n[nH]1)C(=O)C1CCN(c2ccc3nncn3n2)CC1. The minimum Gasteiger partial charge on any atom is -0.355 e. The van der Waals surface area contributed by atoms with E-state index in [2.05, 4.69) is 48.6 Å². The number of nitrogens with zero attached hydrogens (tertiary/aromatic N) is 7. The molecule has 1 saturated heterocycles. The second-order valence-corrected chi connectivity index (χ2v) is 9.30. The number of aryl methyl sites for hydroxylation is 1. The van der Waals surface area contributed by atoms with Gasteiger partial charge in [-0.15, -0.1) is 15.3 Å². The summed E-state index contributed by atoms with van der Waals surface area (Å²) in [6.45, 7) is 2.48. The van der Waals surface area contributed by atoms with Crippen LogP contribution in [0.25, 0.3) is 16.9 Å². The number of fused-ring (bicyclic) bond motifs is 1. The molecule has 0 radical (unpaired) electrons. The van der Waals surface area contributed by atoms with Crippen molar-refractivity contribution in [2.45, 2.75) is 38.5 Å². The summed E-state index contributed by atoms with van der Waals surface area (Å²) in [4.78, 5) is 17.1. The molecular formula is C26H32N8O. The average Bonchev–Trinajstić information content (AvgIpc) is 3.58. The van der Waals surface area contributed by atoms with Crippen LogP contribution in [-0.2, 0) is 11.2 Å². The van der Waals surface area contributed by atoms with E-state index >= 15 is 0 Å². The van der Waals surface area contributed by atoms with Gasteiger partial charge in [-0.25, -0.2) is 0 Å². The Labute approximate surface area is 205 Å². The number of carbonyl (C=O) groups is 1. The summed E-state index contributed by atoms with van der Waals surface area (Å²) >= 11 is 0. The van der Waals surface area contributed by atoms with Gasteiger partial charge in [0.25, 0.3) is 0 Å². The third kappa shape index (κ3) is 5.50. The first-order chi connectivity index (χ1) is 17.2. The maximum atomic E-state index is 13.0. The fraction of sp³-hybridized carbons (Fsp3) is 0.423. The van der Waals surface area contributed by atoms with E-state index in [1.54, 1.807) is 10.8 Å². The number of H-pyrrole nitrogens is 1. The minimum atomic E-state index is 0.0938. The topological polar surface area (TPSA) is 95.3 Å². The number of piperidine rings is 1. The number of rotatable bonds is 9. The molecule has 9 nitrogen and oxygen atoms in total. The monoisotopic (exact) mass is 472 g/mol. The van der Waals surface area contributed by atoms with E-state index in [9.17, 15) is 4.79 Å². The van der Waals surface area contributed by atoms with Crippen LogP contribution < -0.4 is 4.90 Å². The highest BCUT2D eigenvalue weighted by Crippen LogP contribution is 2.23. The Morgan fingerprint density at radius 1 is 1.09 bits per heavy atom. The molecule has 0 bridgehead atoms. The van der Waals surface area contributed by atoms with E-state index in [0.29, 0.717) is 0 Å². The van der Waals surface area contributed by atoms with Crippen molar-refractivity contribution in [1.29, 1.82) is 0 Å². The zero-order valence-corrected chi connectivity index (χ0v) is 20.2. The summed E-state index contributed by atoms with van der Waals surface area (Å²) < 4.78 is 1.69. The van der Waals surface area contributed by atoms with Gasteiger partial charge in [-0.2, -0.15) is 9.61 Å². The number of hydrogen-bond donors (Lipinski definition) is 1. The molecule has 1 N–H and O–H groups in total. The molecule has 182 valence electrons. The summed E-state index contributed by atoms with van der Waals surface area (Å²) in [6, 6.07) is 16.3. The standard InChI is InChI=1S/C26H32N8O/c1-32(15-7-3-6-10-22-18-23(29-28-22)20-8-4-2-5-9-20)26(35)21-13-16-33(17-14-21)25-12-11-24-30-27-19-34(24)31-25/h2,4-5,8-9,11-12,18-19,21H,3,6-7,10,13-17H2,1H3,(H,28,29). The first kappa shape index (κ1) is 23.0. The number of carbonyl (C=O) groups excluding carboxylic acids is 1. The van der Waals surface area contributed by atoms with Crippen molar-refractivity contribution in [2.75, 3.05) is 31.6 Å². The molecule has 9 heteroatoms. The molecule has 0 unspecified atom stereocenters. The third-order valence-electron chi connectivity index (χ3n) is 6.83. The molecule has 3 aromatic heterocycles. The smallest absolute Gasteiger partial charge is 0.225 e. The lowest BCUT2D eigenvalue weighted by atomic mass is 9.95. The molecule has 1 aliphatic rings. The average molecular weight is 473 g/mol. The van der Waals surface area contributed by atoms with Gasteiger partial charge in [0.1, 0.15) is 12.1 Å². The molecule has 1 aromatic carbocycles. The maximum Gasteiger partial charge on any atom is 0.225 e. The van der Waals surface area contributed by atoms with Crippen molar-refractivity contribution in [3.63, 3.8) is 0 Å². The largest absolute Gasteiger partial charge is 0.355 e. The van der Waals surface area contributed by atoms with Crippen molar-refractivity contribution in [2.24, 2.45) is 5.92 Å². The number of aromatic nitrogens is 6. The number of anilines is 1. The van der Waals surface area contributed by atoms with Crippen LogP contribution in [-0.4, -0.2) is 67.5 Å². The van der Waals surface area contributed by atoms with Crippen LogP contribution in [0, 0.1) is 5.92 Å². The van der Waals surface area contributed by atoms with Crippen molar-refractivity contribution >= 4 is 17.4 Å². The Kier molecular flexibility index (Phi) is 7.02. The van der Waals surface area contributed by atoms with Gasteiger partial charge in [0.15, 0.2) is 5.65 Å². The number of nitrogens with one attached hydrogen (secondary N) is 1. The van der Waals surface area contributed by atoms with Gasteiger partial charge in [0, 0.05) is 43.9 Å². The number of unbranched alkanes of at least 4 members (excludes halogenated alkanes) is 2. The summed E-state index contributed by atoms with van der Waals surface area (Å²) in [6.07, 6.45) is 7.49. The Morgan fingerprint density at radius 3 is 2.74 bits per heavy atom. The Bertz CT molecular complexity index is 1240. The summed E-state index contributed by atoms with van der Waals surface area (Å²) in [5.41, 5.74) is 4.03. The number of amides is 1. The molecule has 1 amide bonds. The molecule has 4 aromatic rings. The van der Waals surface area contributed by atoms with Crippen molar-refractivity contribution in [1.82, 2.24) is 34.9 Å². The van der Waals surface area contributed by atoms with E-state index in [4.69, 9.17) is 0 Å². The minimum absolute atomic E-state index is 0.0938. The molecule has 1 fully saturated rings. The highest BCUT2D eigenvalue weighted by molar-refractivity contribution is 5.78. The molecule has 4 heterocycles. The van der Waals surface area contributed by atoms with Gasteiger partial charge >= 0.3 is 0 Å². The second-order valence-electron chi connectivity index (χ2n) is 9.30. The normalized spacial score (nSPS) is 14.5. The highest BCUT2D eigenvalue weighted by Gasteiger charge is 2.27. The maximum absolute atomic E-state index is 13.0. The third-order valence-corrected chi connectivity index (χ3v) is 6.83. The van der Waals surface area contributed by atoms with Gasteiger partial charge in [0.2, 0.25) is 5.91 Å². The first-order valence-electron chi connectivity index (χ1n) is 12.4. The van der Waals surface area contributed by atoms with E-state index in [-0.39, 0.29) is 11.8 Å². The Balaban J connectivity index is 1.01. The van der Waals surface area contributed by atoms with Crippen molar-refractivity contribution in [3.05, 3.63) is 60.6 Å². The summed E-state index contributed by atoms with van der Waals surface area (Å²) in [5, 5.41) is 20.0. The fourth-order valence-electron chi connectivity index (χ4n) is 4.75. The van der Waals surface area contributed by atoms with Gasteiger partial charge in [0.05, 0.1) is 5.69 Å². The predicted molar refractivity (Wildman–Crippen MR) is 135 cm³/mol. The summed E-state index contributed by atoms with van der Waals surface area (Å²) in [5.74, 6) is 1.27. The Hall–Kier alpha value is -3.75. The lowest BCUT2D eigenvalue weighted by Crippen LogP contribution is -2.41. The van der Waals surface area contributed by atoms with E-state index < -0.39 is 0 Å². The van der Waals surface area contributed by atoms with E-state index in [1.165, 1.54) is 0 Å². The lowest BCUT2D eigenvalue weighted by molar-refractivity contribution is -0.134. The van der Waals surface area contributed by atoms with Gasteiger partial charge < -0.3 is 9.80 Å². The van der Waals surface area contributed by atoms with Crippen LogP contribution in [0.5, 0.6) is 0 Å². The predicted octanol–water partition coefficient (Wildman–Crippen LogP) is 3.60. The molecule has 0 spiro atoms.